The third-order valence-corrected chi connectivity index (χ3v) is 2.68. The minimum atomic E-state index is 0.102. The number of benzene rings is 1. The van der Waals surface area contributed by atoms with Gasteiger partial charge in [0.15, 0.2) is 0 Å². The molecule has 14 heavy (non-hydrogen) atoms. The molecule has 0 amide bonds. The zero-order valence-corrected chi connectivity index (χ0v) is 9.57. The van der Waals surface area contributed by atoms with E-state index < -0.39 is 0 Å². The van der Waals surface area contributed by atoms with Crippen molar-refractivity contribution in [1.82, 2.24) is 5.43 Å². The number of nitrogens with one attached hydrogen (secondary N) is 1. The van der Waals surface area contributed by atoms with E-state index in [-0.39, 0.29) is 6.04 Å². The van der Waals surface area contributed by atoms with Gasteiger partial charge in [-0.15, -0.1) is 0 Å². The highest BCUT2D eigenvalue weighted by molar-refractivity contribution is 6.35. The second kappa shape index (κ2) is 5.56. The van der Waals surface area contributed by atoms with Gasteiger partial charge in [-0.2, -0.15) is 0 Å². The molecule has 0 fully saturated rings. The molecule has 1 aromatic carbocycles. The van der Waals surface area contributed by atoms with Gasteiger partial charge in [0.1, 0.15) is 0 Å². The van der Waals surface area contributed by atoms with Gasteiger partial charge in [0.05, 0.1) is 0 Å². The Morgan fingerprint density at radius 1 is 1.43 bits per heavy atom. The molecular weight excluding hydrogens is 219 g/mol. The predicted molar refractivity (Wildman–Crippen MR) is 61.4 cm³/mol. The molecule has 0 radical (unpaired) electrons. The lowest BCUT2D eigenvalue weighted by Gasteiger charge is -2.16. The van der Waals surface area contributed by atoms with Crippen LogP contribution in [0.1, 0.15) is 31.4 Å². The van der Waals surface area contributed by atoms with Gasteiger partial charge in [0.2, 0.25) is 0 Å². The molecule has 3 N–H and O–H groups in total. The number of rotatable bonds is 4. The van der Waals surface area contributed by atoms with Crippen molar-refractivity contribution >= 4 is 23.2 Å². The first-order valence-electron chi connectivity index (χ1n) is 4.60. The normalized spacial score (nSPS) is 12.9. The standard InChI is InChI=1S/C10H14Cl2N2/c1-2-3-10(14-13)8-5-4-7(11)6-9(8)12/h4-6,10,14H,2-3,13H2,1H3. The lowest BCUT2D eigenvalue weighted by molar-refractivity contribution is 0.510. The number of hydrogen-bond donors (Lipinski definition) is 2. The van der Waals surface area contributed by atoms with Crippen LogP contribution in [0.4, 0.5) is 0 Å². The maximum Gasteiger partial charge on any atom is 0.0474 e. The largest absolute Gasteiger partial charge is 0.271 e. The monoisotopic (exact) mass is 232 g/mol. The van der Waals surface area contributed by atoms with Gasteiger partial charge in [-0.05, 0) is 24.1 Å². The van der Waals surface area contributed by atoms with Gasteiger partial charge >= 0.3 is 0 Å². The van der Waals surface area contributed by atoms with Gasteiger partial charge in [0, 0.05) is 16.1 Å². The summed E-state index contributed by atoms with van der Waals surface area (Å²) in [6, 6.07) is 5.57. The van der Waals surface area contributed by atoms with E-state index in [2.05, 4.69) is 12.3 Å². The van der Waals surface area contributed by atoms with Crippen molar-refractivity contribution in [3.8, 4) is 0 Å². The highest BCUT2D eigenvalue weighted by atomic mass is 35.5. The molecule has 0 saturated heterocycles. The highest BCUT2D eigenvalue weighted by Crippen LogP contribution is 2.28. The molecule has 0 heterocycles. The van der Waals surface area contributed by atoms with E-state index in [0.717, 1.165) is 18.4 Å². The van der Waals surface area contributed by atoms with Crippen molar-refractivity contribution in [3.05, 3.63) is 33.8 Å². The lowest BCUT2D eigenvalue weighted by Crippen LogP contribution is -2.28. The minimum Gasteiger partial charge on any atom is -0.271 e. The third kappa shape index (κ3) is 2.85. The predicted octanol–water partition coefficient (Wildman–Crippen LogP) is 3.30. The molecule has 0 aliphatic rings. The highest BCUT2D eigenvalue weighted by Gasteiger charge is 2.11. The van der Waals surface area contributed by atoms with E-state index in [1.165, 1.54) is 0 Å². The van der Waals surface area contributed by atoms with Crippen molar-refractivity contribution in [2.45, 2.75) is 25.8 Å². The molecule has 1 rings (SSSR count). The summed E-state index contributed by atoms with van der Waals surface area (Å²) in [6.07, 6.45) is 2.01. The van der Waals surface area contributed by atoms with Crippen LogP contribution in [0.25, 0.3) is 0 Å². The molecule has 0 aliphatic carbocycles. The average Bonchev–Trinajstić information content (AvgIpc) is 2.15. The molecule has 0 spiro atoms. The number of nitrogens with two attached hydrogens (primary N) is 1. The molecule has 78 valence electrons. The fraction of sp³-hybridized carbons (Fsp3) is 0.400. The summed E-state index contributed by atoms with van der Waals surface area (Å²) in [5.41, 5.74) is 3.75. The van der Waals surface area contributed by atoms with Crippen LogP contribution in [0.2, 0.25) is 10.0 Å². The maximum atomic E-state index is 6.06. The van der Waals surface area contributed by atoms with Gasteiger partial charge < -0.3 is 0 Å². The van der Waals surface area contributed by atoms with Gasteiger partial charge in [0.25, 0.3) is 0 Å². The summed E-state index contributed by atoms with van der Waals surface area (Å²) in [5.74, 6) is 5.46. The molecule has 1 aromatic rings. The number of halogens is 2. The second-order valence-corrected chi connectivity index (χ2v) is 4.02. The third-order valence-electron chi connectivity index (χ3n) is 2.12. The summed E-state index contributed by atoms with van der Waals surface area (Å²) in [5, 5.41) is 1.31. The van der Waals surface area contributed by atoms with Crippen LogP contribution < -0.4 is 11.3 Å². The molecule has 4 heteroatoms. The van der Waals surface area contributed by atoms with Crippen molar-refractivity contribution in [2.75, 3.05) is 0 Å². The van der Waals surface area contributed by atoms with Crippen LogP contribution in [-0.4, -0.2) is 0 Å². The van der Waals surface area contributed by atoms with E-state index >= 15 is 0 Å². The Hall–Kier alpha value is -0.280. The van der Waals surface area contributed by atoms with Crippen LogP contribution in [0.15, 0.2) is 18.2 Å². The Balaban J connectivity index is 2.92. The van der Waals surface area contributed by atoms with Crippen molar-refractivity contribution < 1.29 is 0 Å². The Kier molecular flexibility index (Phi) is 4.69. The van der Waals surface area contributed by atoms with Crippen LogP contribution in [0, 0.1) is 0 Å². The van der Waals surface area contributed by atoms with E-state index in [4.69, 9.17) is 29.0 Å². The van der Waals surface area contributed by atoms with Gasteiger partial charge in [-0.1, -0.05) is 42.6 Å². The SMILES string of the molecule is CCCC(NN)c1ccc(Cl)cc1Cl. The van der Waals surface area contributed by atoms with Crippen LogP contribution in [-0.2, 0) is 0 Å². The van der Waals surface area contributed by atoms with E-state index in [9.17, 15) is 0 Å². The Morgan fingerprint density at radius 2 is 2.14 bits per heavy atom. The molecule has 0 aromatic heterocycles. The summed E-state index contributed by atoms with van der Waals surface area (Å²) in [6.45, 7) is 2.11. The Bertz CT molecular complexity index is 302. The van der Waals surface area contributed by atoms with Crippen molar-refractivity contribution in [1.29, 1.82) is 0 Å². The zero-order chi connectivity index (χ0) is 10.6. The van der Waals surface area contributed by atoms with Crippen molar-refractivity contribution in [2.24, 2.45) is 5.84 Å². The van der Waals surface area contributed by atoms with Gasteiger partial charge in [-0.3, -0.25) is 11.3 Å². The molecule has 2 nitrogen and oxygen atoms in total. The summed E-state index contributed by atoms with van der Waals surface area (Å²) in [7, 11) is 0. The minimum absolute atomic E-state index is 0.102. The topological polar surface area (TPSA) is 38.0 Å². The molecular formula is C10H14Cl2N2. The first-order chi connectivity index (χ1) is 6.69. The van der Waals surface area contributed by atoms with Crippen LogP contribution in [0.5, 0.6) is 0 Å². The fourth-order valence-electron chi connectivity index (χ4n) is 1.40. The number of hydrogen-bond acceptors (Lipinski definition) is 2. The van der Waals surface area contributed by atoms with Crippen LogP contribution in [0.3, 0.4) is 0 Å². The molecule has 0 saturated carbocycles. The summed E-state index contributed by atoms with van der Waals surface area (Å²) in [4.78, 5) is 0. The van der Waals surface area contributed by atoms with Gasteiger partial charge in [-0.25, -0.2) is 0 Å². The Morgan fingerprint density at radius 3 is 2.64 bits per heavy atom. The Labute approximate surface area is 94.4 Å². The quantitative estimate of drug-likeness (QED) is 0.618. The molecule has 1 unspecified atom stereocenters. The van der Waals surface area contributed by atoms with Crippen molar-refractivity contribution in [3.63, 3.8) is 0 Å². The molecule has 1 atom stereocenters. The van der Waals surface area contributed by atoms with E-state index in [1.54, 1.807) is 6.07 Å². The first kappa shape index (κ1) is 11.8. The molecule has 0 bridgehead atoms. The maximum absolute atomic E-state index is 6.06. The smallest absolute Gasteiger partial charge is 0.0474 e. The first-order valence-corrected chi connectivity index (χ1v) is 5.35. The summed E-state index contributed by atoms with van der Waals surface area (Å²) < 4.78 is 0. The zero-order valence-electron chi connectivity index (χ0n) is 8.06. The molecule has 0 aliphatic heterocycles. The average molecular weight is 233 g/mol. The summed E-state index contributed by atoms with van der Waals surface area (Å²) >= 11 is 11.9. The fourth-order valence-corrected chi connectivity index (χ4v) is 1.94. The second-order valence-electron chi connectivity index (χ2n) is 3.17. The lowest BCUT2D eigenvalue weighted by atomic mass is 10.0. The van der Waals surface area contributed by atoms with Crippen LogP contribution >= 0.6 is 23.2 Å². The van der Waals surface area contributed by atoms with E-state index in [0.29, 0.717) is 10.0 Å². The van der Waals surface area contributed by atoms with E-state index in [1.807, 2.05) is 12.1 Å². The number of hydrazine groups is 1.